The molecule has 22 heavy (non-hydrogen) atoms. The molecule has 1 aliphatic heterocycles. The molecule has 1 aromatic rings. The third kappa shape index (κ3) is 5.81. The predicted octanol–water partition coefficient (Wildman–Crippen LogP) is 2.47. The highest BCUT2D eigenvalue weighted by molar-refractivity contribution is 5.85. The summed E-state index contributed by atoms with van der Waals surface area (Å²) in [4.78, 5) is 13.6. The molecular weight excluding hydrogens is 307 g/mol. The van der Waals surface area contributed by atoms with E-state index < -0.39 is 0 Å². The summed E-state index contributed by atoms with van der Waals surface area (Å²) in [6, 6.07) is 6.29. The first-order chi connectivity index (χ1) is 10.2. The number of ether oxygens (including phenoxy) is 1. The zero-order chi connectivity index (χ0) is 15.1. The smallest absolute Gasteiger partial charge is 0.222 e. The molecule has 4 nitrogen and oxygen atoms in total. The van der Waals surface area contributed by atoms with E-state index in [9.17, 15) is 9.18 Å². The highest BCUT2D eigenvalue weighted by Gasteiger charge is 2.17. The van der Waals surface area contributed by atoms with Crippen LogP contribution in [0.4, 0.5) is 4.39 Å². The average molecular weight is 331 g/mol. The monoisotopic (exact) mass is 330 g/mol. The van der Waals surface area contributed by atoms with Crippen LogP contribution in [0.3, 0.4) is 0 Å². The number of rotatable bonds is 7. The molecule has 1 aromatic carbocycles. The number of carbonyl (C=O) groups is 1. The molecule has 1 fully saturated rings. The standard InChI is InChI=1S/C16H23FN2O2.ClH/c1-19(16(20)7-6-13-8-9-18-12-13)10-11-21-15-5-3-2-4-14(15)17;/h2-5,13,18H,6-12H2,1H3;1H. The maximum Gasteiger partial charge on any atom is 0.222 e. The molecule has 0 aliphatic carbocycles. The Labute approximate surface area is 137 Å². The van der Waals surface area contributed by atoms with E-state index in [1.807, 2.05) is 0 Å². The molecule has 0 spiro atoms. The Balaban J connectivity index is 0.00000242. The molecule has 1 unspecified atom stereocenters. The largest absolute Gasteiger partial charge is 0.489 e. The summed E-state index contributed by atoms with van der Waals surface area (Å²) in [5.74, 6) is 0.603. The molecule has 0 bridgehead atoms. The molecule has 1 N–H and O–H groups in total. The number of likely N-dealkylation sites (N-methyl/N-ethyl adjacent to an activating group) is 1. The lowest BCUT2D eigenvalue weighted by molar-refractivity contribution is -0.130. The zero-order valence-electron chi connectivity index (χ0n) is 12.9. The number of para-hydroxylation sites is 1. The van der Waals surface area contributed by atoms with Gasteiger partial charge in [-0.25, -0.2) is 4.39 Å². The predicted molar refractivity (Wildman–Crippen MR) is 87.0 cm³/mol. The first-order valence-corrected chi connectivity index (χ1v) is 7.49. The van der Waals surface area contributed by atoms with Crippen LogP contribution in [0.15, 0.2) is 24.3 Å². The van der Waals surface area contributed by atoms with Gasteiger partial charge in [0.05, 0.1) is 6.54 Å². The van der Waals surface area contributed by atoms with Gasteiger partial charge in [0.25, 0.3) is 0 Å². The number of carbonyl (C=O) groups excluding carboxylic acids is 1. The van der Waals surface area contributed by atoms with E-state index >= 15 is 0 Å². The van der Waals surface area contributed by atoms with Crippen molar-refractivity contribution < 1.29 is 13.9 Å². The van der Waals surface area contributed by atoms with Crippen LogP contribution in [0.25, 0.3) is 0 Å². The molecule has 1 amide bonds. The van der Waals surface area contributed by atoms with Crippen molar-refractivity contribution in [3.05, 3.63) is 30.1 Å². The van der Waals surface area contributed by atoms with Crippen molar-refractivity contribution in [2.45, 2.75) is 19.3 Å². The van der Waals surface area contributed by atoms with Crippen LogP contribution in [-0.4, -0.2) is 44.1 Å². The van der Waals surface area contributed by atoms with Crippen molar-refractivity contribution in [3.63, 3.8) is 0 Å². The number of halogens is 2. The molecule has 1 atom stereocenters. The second-order valence-corrected chi connectivity index (χ2v) is 5.49. The Morgan fingerprint density at radius 3 is 2.91 bits per heavy atom. The number of hydrogen-bond donors (Lipinski definition) is 1. The third-order valence-corrected chi connectivity index (χ3v) is 3.88. The SMILES string of the molecule is CN(CCOc1ccccc1F)C(=O)CCC1CCNC1.Cl. The van der Waals surface area contributed by atoms with Crippen molar-refractivity contribution in [3.8, 4) is 5.75 Å². The molecule has 0 saturated carbocycles. The summed E-state index contributed by atoms with van der Waals surface area (Å²) in [5, 5.41) is 3.30. The summed E-state index contributed by atoms with van der Waals surface area (Å²) in [6.45, 7) is 2.85. The number of nitrogens with one attached hydrogen (secondary N) is 1. The van der Waals surface area contributed by atoms with Gasteiger partial charge in [0.15, 0.2) is 11.6 Å². The van der Waals surface area contributed by atoms with Crippen molar-refractivity contribution in [1.29, 1.82) is 0 Å². The van der Waals surface area contributed by atoms with E-state index in [0.29, 0.717) is 25.5 Å². The molecule has 2 rings (SSSR count). The Hall–Kier alpha value is -1.33. The van der Waals surface area contributed by atoms with Gasteiger partial charge in [0, 0.05) is 13.5 Å². The van der Waals surface area contributed by atoms with E-state index in [1.165, 1.54) is 6.07 Å². The molecule has 1 saturated heterocycles. The second-order valence-electron chi connectivity index (χ2n) is 5.49. The number of benzene rings is 1. The van der Waals surface area contributed by atoms with Gasteiger partial charge < -0.3 is 15.0 Å². The van der Waals surface area contributed by atoms with E-state index in [1.54, 1.807) is 30.1 Å². The van der Waals surface area contributed by atoms with Crippen LogP contribution in [0.5, 0.6) is 5.75 Å². The summed E-state index contributed by atoms with van der Waals surface area (Å²) in [6.07, 6.45) is 2.67. The summed E-state index contributed by atoms with van der Waals surface area (Å²) >= 11 is 0. The molecule has 1 heterocycles. The molecule has 0 radical (unpaired) electrons. The molecule has 0 aromatic heterocycles. The van der Waals surface area contributed by atoms with E-state index in [4.69, 9.17) is 4.74 Å². The summed E-state index contributed by atoms with van der Waals surface area (Å²) in [5.41, 5.74) is 0. The first-order valence-electron chi connectivity index (χ1n) is 7.49. The minimum atomic E-state index is -0.375. The Bertz CT molecular complexity index is 467. The van der Waals surface area contributed by atoms with Crippen LogP contribution >= 0.6 is 12.4 Å². The van der Waals surface area contributed by atoms with Crippen molar-refractivity contribution in [2.75, 3.05) is 33.3 Å². The lowest BCUT2D eigenvalue weighted by Gasteiger charge is -2.18. The number of nitrogens with zero attached hydrogens (tertiary/aromatic N) is 1. The Morgan fingerprint density at radius 2 is 2.23 bits per heavy atom. The van der Waals surface area contributed by atoms with Gasteiger partial charge >= 0.3 is 0 Å². The van der Waals surface area contributed by atoms with Crippen molar-refractivity contribution in [1.82, 2.24) is 10.2 Å². The van der Waals surface area contributed by atoms with Gasteiger partial charge in [0.1, 0.15) is 6.61 Å². The van der Waals surface area contributed by atoms with Crippen molar-refractivity contribution >= 4 is 18.3 Å². The van der Waals surface area contributed by atoms with E-state index in [0.717, 1.165) is 25.9 Å². The molecule has 6 heteroatoms. The van der Waals surface area contributed by atoms with Crippen molar-refractivity contribution in [2.24, 2.45) is 5.92 Å². The lowest BCUT2D eigenvalue weighted by atomic mass is 10.0. The molecule has 1 aliphatic rings. The maximum absolute atomic E-state index is 13.4. The fourth-order valence-corrected chi connectivity index (χ4v) is 2.46. The fraction of sp³-hybridized carbons (Fsp3) is 0.562. The minimum absolute atomic E-state index is 0. The third-order valence-electron chi connectivity index (χ3n) is 3.88. The van der Waals surface area contributed by atoms with Crippen LogP contribution in [0.1, 0.15) is 19.3 Å². The normalized spacial score (nSPS) is 16.9. The quantitative estimate of drug-likeness (QED) is 0.835. The molecule has 124 valence electrons. The molecular formula is C16H24ClFN2O2. The number of amides is 1. The number of hydrogen-bond acceptors (Lipinski definition) is 3. The topological polar surface area (TPSA) is 41.6 Å². The lowest BCUT2D eigenvalue weighted by Crippen LogP contribution is -2.31. The van der Waals surface area contributed by atoms with Gasteiger partial charge in [0.2, 0.25) is 5.91 Å². The fourth-order valence-electron chi connectivity index (χ4n) is 2.46. The minimum Gasteiger partial charge on any atom is -0.489 e. The maximum atomic E-state index is 13.4. The van der Waals surface area contributed by atoms with Gasteiger partial charge in [-0.05, 0) is 44.0 Å². The van der Waals surface area contributed by atoms with Crippen LogP contribution in [0.2, 0.25) is 0 Å². The van der Waals surface area contributed by atoms with Gasteiger partial charge in [-0.2, -0.15) is 0 Å². The van der Waals surface area contributed by atoms with Gasteiger partial charge in [-0.15, -0.1) is 12.4 Å². The average Bonchev–Trinajstić information content (AvgIpc) is 3.00. The van der Waals surface area contributed by atoms with Gasteiger partial charge in [-0.3, -0.25) is 4.79 Å². The summed E-state index contributed by atoms with van der Waals surface area (Å²) in [7, 11) is 1.76. The Kier molecular flexibility index (Phi) is 8.20. The highest BCUT2D eigenvalue weighted by Crippen LogP contribution is 2.16. The summed E-state index contributed by atoms with van der Waals surface area (Å²) < 4.78 is 18.7. The first kappa shape index (κ1) is 18.7. The Morgan fingerprint density at radius 1 is 1.45 bits per heavy atom. The highest BCUT2D eigenvalue weighted by atomic mass is 35.5. The van der Waals surface area contributed by atoms with Crippen LogP contribution in [-0.2, 0) is 4.79 Å². The van der Waals surface area contributed by atoms with Crippen LogP contribution in [0, 0.1) is 11.7 Å². The van der Waals surface area contributed by atoms with E-state index in [-0.39, 0.29) is 29.9 Å². The van der Waals surface area contributed by atoms with Gasteiger partial charge in [-0.1, -0.05) is 12.1 Å². The van der Waals surface area contributed by atoms with Crippen LogP contribution < -0.4 is 10.1 Å². The second kappa shape index (κ2) is 9.64. The van der Waals surface area contributed by atoms with E-state index in [2.05, 4.69) is 5.32 Å². The zero-order valence-corrected chi connectivity index (χ0v) is 13.7.